The van der Waals surface area contributed by atoms with Gasteiger partial charge in [-0.2, -0.15) is 8.42 Å². The molecule has 0 atom stereocenters. The van der Waals surface area contributed by atoms with Crippen LogP contribution in [0.4, 0.5) is 0 Å². The van der Waals surface area contributed by atoms with Gasteiger partial charge in [0, 0.05) is 13.1 Å². The zero-order chi connectivity index (χ0) is 22.9. The van der Waals surface area contributed by atoms with Crippen LogP contribution in [0.1, 0.15) is 12.0 Å². The van der Waals surface area contributed by atoms with Crippen LogP contribution in [-0.4, -0.2) is 72.0 Å². The molecule has 2 aromatic rings. The molecule has 1 heterocycles. The maximum Gasteiger partial charge on any atom is 0.294 e. The fraction of sp³-hybridized carbons (Fsp3) is 0.429. The summed E-state index contributed by atoms with van der Waals surface area (Å²) in [5, 5.41) is 0. The van der Waals surface area contributed by atoms with E-state index < -0.39 is 20.0 Å². The van der Waals surface area contributed by atoms with Gasteiger partial charge >= 0.3 is 0 Å². The van der Waals surface area contributed by atoms with E-state index in [-0.39, 0.29) is 10.6 Å². The smallest absolute Gasteiger partial charge is 0.294 e. The van der Waals surface area contributed by atoms with Crippen molar-refractivity contribution in [2.45, 2.75) is 23.1 Å². The van der Waals surface area contributed by atoms with E-state index in [9.17, 15) is 16.8 Å². The number of hydrogen-bond acceptors (Lipinski definition) is 7. The van der Waals surface area contributed by atoms with Gasteiger partial charge in [0.2, 0.25) is 0 Å². The summed E-state index contributed by atoms with van der Waals surface area (Å²) in [6.45, 7) is 5.91. The van der Waals surface area contributed by atoms with Crippen LogP contribution < -0.4 is 4.74 Å². The maximum atomic E-state index is 12.2. The summed E-state index contributed by atoms with van der Waals surface area (Å²) in [4.78, 5) is 2.54. The van der Waals surface area contributed by atoms with Crippen molar-refractivity contribution in [1.82, 2.24) is 4.90 Å². The number of sulfone groups is 1. The quantitative estimate of drug-likeness (QED) is 0.613. The van der Waals surface area contributed by atoms with Crippen LogP contribution in [0.15, 0.2) is 58.3 Å². The van der Waals surface area contributed by atoms with Gasteiger partial charge < -0.3 is 9.47 Å². The third kappa shape index (κ3) is 8.58. The number of methoxy groups -OCH3 is 1. The van der Waals surface area contributed by atoms with Gasteiger partial charge in [-0.1, -0.05) is 17.7 Å². The van der Waals surface area contributed by atoms with E-state index in [2.05, 4.69) is 4.90 Å². The van der Waals surface area contributed by atoms with Gasteiger partial charge in [-0.15, -0.1) is 0 Å². The number of benzene rings is 2. The summed E-state index contributed by atoms with van der Waals surface area (Å²) in [5.41, 5.74) is 0.956. The Kier molecular flexibility index (Phi) is 9.45. The van der Waals surface area contributed by atoms with Crippen LogP contribution in [0.5, 0.6) is 5.75 Å². The highest BCUT2D eigenvalue weighted by atomic mass is 32.2. The van der Waals surface area contributed by atoms with Crippen molar-refractivity contribution < 1.29 is 30.9 Å². The standard InChI is InChI=1S/C14H21NO4S.C7H8O3S/c1-18-13-3-5-14(6-4-13)20(16,17)12-2-7-15-8-10-19-11-9-15;1-6-2-4-7(5-3-6)11(8,9)10/h3-6H,2,7-12H2,1H3;2-5H,1H3,(H,8,9,10). The second-order valence-corrected chi connectivity index (χ2v) is 10.6. The molecule has 0 aromatic heterocycles. The summed E-state index contributed by atoms with van der Waals surface area (Å²) < 4.78 is 64.2. The first-order valence-corrected chi connectivity index (χ1v) is 12.9. The first-order valence-electron chi connectivity index (χ1n) is 9.83. The Balaban J connectivity index is 0.000000262. The third-order valence-corrected chi connectivity index (χ3v) is 7.41. The molecule has 2 aromatic carbocycles. The number of rotatable bonds is 7. The topological polar surface area (TPSA) is 110 Å². The molecule has 10 heteroatoms. The number of nitrogens with zero attached hydrogens (tertiary/aromatic N) is 1. The van der Waals surface area contributed by atoms with Crippen molar-refractivity contribution in [3.05, 3.63) is 54.1 Å². The van der Waals surface area contributed by atoms with E-state index in [0.717, 1.165) is 38.4 Å². The lowest BCUT2D eigenvalue weighted by Crippen LogP contribution is -2.37. The van der Waals surface area contributed by atoms with E-state index in [0.29, 0.717) is 17.1 Å². The van der Waals surface area contributed by atoms with Crippen molar-refractivity contribution in [3.8, 4) is 5.75 Å². The minimum Gasteiger partial charge on any atom is -0.497 e. The molecule has 31 heavy (non-hydrogen) atoms. The molecular formula is C21H29NO7S2. The largest absolute Gasteiger partial charge is 0.497 e. The molecule has 0 bridgehead atoms. The summed E-state index contributed by atoms with van der Waals surface area (Å²) in [7, 11) is -5.66. The third-order valence-electron chi connectivity index (χ3n) is 4.73. The van der Waals surface area contributed by atoms with E-state index in [1.807, 2.05) is 6.92 Å². The molecule has 1 aliphatic rings. The van der Waals surface area contributed by atoms with Gasteiger partial charge in [-0.05, 0) is 56.3 Å². The van der Waals surface area contributed by atoms with Crippen LogP contribution in [0.3, 0.4) is 0 Å². The van der Waals surface area contributed by atoms with Gasteiger partial charge in [0.1, 0.15) is 5.75 Å². The number of aryl methyl sites for hydroxylation is 1. The Morgan fingerprint density at radius 3 is 2.00 bits per heavy atom. The summed E-state index contributed by atoms with van der Waals surface area (Å²) >= 11 is 0. The molecule has 1 aliphatic heterocycles. The molecule has 3 rings (SSSR count). The van der Waals surface area contributed by atoms with E-state index in [4.69, 9.17) is 14.0 Å². The second-order valence-electron chi connectivity index (χ2n) is 7.09. The Labute approximate surface area is 184 Å². The van der Waals surface area contributed by atoms with Gasteiger partial charge in [0.25, 0.3) is 10.1 Å². The number of morpholine rings is 1. The van der Waals surface area contributed by atoms with Crippen LogP contribution in [0.2, 0.25) is 0 Å². The lowest BCUT2D eigenvalue weighted by Gasteiger charge is -2.26. The Morgan fingerprint density at radius 1 is 0.935 bits per heavy atom. The molecule has 0 aliphatic carbocycles. The van der Waals surface area contributed by atoms with Gasteiger partial charge in [-0.3, -0.25) is 9.45 Å². The second kappa shape index (κ2) is 11.6. The van der Waals surface area contributed by atoms with Crippen molar-refractivity contribution in [1.29, 1.82) is 0 Å². The normalized spacial score (nSPS) is 15.1. The lowest BCUT2D eigenvalue weighted by atomic mass is 10.2. The Morgan fingerprint density at radius 2 is 1.48 bits per heavy atom. The van der Waals surface area contributed by atoms with Crippen LogP contribution in [0, 0.1) is 6.92 Å². The SMILES string of the molecule is COc1ccc(S(=O)(=O)CCCN2CCOCC2)cc1.Cc1ccc(S(=O)(=O)O)cc1. The summed E-state index contributed by atoms with van der Waals surface area (Å²) in [6, 6.07) is 12.5. The van der Waals surface area contributed by atoms with Crippen molar-refractivity contribution >= 4 is 20.0 Å². The first kappa shape index (κ1) is 25.3. The van der Waals surface area contributed by atoms with Gasteiger partial charge in [0.05, 0.1) is 35.9 Å². The van der Waals surface area contributed by atoms with E-state index in [1.54, 1.807) is 43.5 Å². The summed E-state index contributed by atoms with van der Waals surface area (Å²) in [5.74, 6) is 0.841. The molecule has 1 saturated heterocycles. The number of ether oxygens (including phenoxy) is 2. The van der Waals surface area contributed by atoms with Crippen molar-refractivity contribution in [2.24, 2.45) is 0 Å². The van der Waals surface area contributed by atoms with Crippen molar-refractivity contribution in [2.75, 3.05) is 45.7 Å². The molecule has 0 spiro atoms. The highest BCUT2D eigenvalue weighted by Gasteiger charge is 2.16. The Hall–Kier alpha value is -1.98. The lowest BCUT2D eigenvalue weighted by molar-refractivity contribution is 0.0381. The van der Waals surface area contributed by atoms with Crippen LogP contribution in [0.25, 0.3) is 0 Å². The predicted octanol–water partition coefficient (Wildman–Crippen LogP) is 2.43. The average molecular weight is 472 g/mol. The van der Waals surface area contributed by atoms with E-state index in [1.165, 1.54) is 12.1 Å². The van der Waals surface area contributed by atoms with Gasteiger partial charge in [0.15, 0.2) is 9.84 Å². The highest BCUT2D eigenvalue weighted by molar-refractivity contribution is 7.91. The zero-order valence-electron chi connectivity index (χ0n) is 17.7. The maximum absolute atomic E-state index is 12.2. The van der Waals surface area contributed by atoms with Crippen molar-refractivity contribution in [3.63, 3.8) is 0 Å². The average Bonchev–Trinajstić information content (AvgIpc) is 2.74. The molecule has 172 valence electrons. The predicted molar refractivity (Wildman–Crippen MR) is 118 cm³/mol. The molecule has 1 N–H and O–H groups in total. The fourth-order valence-electron chi connectivity index (χ4n) is 2.91. The molecule has 0 saturated carbocycles. The summed E-state index contributed by atoms with van der Waals surface area (Å²) in [6.07, 6.45) is 0.647. The highest BCUT2D eigenvalue weighted by Crippen LogP contribution is 2.17. The zero-order valence-corrected chi connectivity index (χ0v) is 19.4. The van der Waals surface area contributed by atoms with Gasteiger partial charge in [-0.25, -0.2) is 8.42 Å². The molecule has 1 fully saturated rings. The monoisotopic (exact) mass is 471 g/mol. The molecule has 8 nitrogen and oxygen atoms in total. The minimum atomic E-state index is -4.02. The fourth-order valence-corrected chi connectivity index (χ4v) is 4.69. The molecule has 0 unspecified atom stereocenters. The molecule has 0 radical (unpaired) electrons. The Bertz CT molecular complexity index is 1010. The molecule has 0 amide bonds. The first-order chi connectivity index (χ1) is 14.6. The number of hydrogen-bond donors (Lipinski definition) is 1. The molecular weight excluding hydrogens is 442 g/mol. The van der Waals surface area contributed by atoms with Crippen LogP contribution in [-0.2, 0) is 24.7 Å². The van der Waals surface area contributed by atoms with E-state index >= 15 is 0 Å². The van der Waals surface area contributed by atoms with Crippen LogP contribution >= 0.6 is 0 Å². The minimum absolute atomic E-state index is 0.0666.